The van der Waals surface area contributed by atoms with E-state index in [9.17, 15) is 9.59 Å². The van der Waals surface area contributed by atoms with E-state index in [1.165, 1.54) is 12.0 Å². The predicted molar refractivity (Wildman–Crippen MR) is 210 cm³/mol. The van der Waals surface area contributed by atoms with Crippen molar-refractivity contribution in [1.82, 2.24) is 20.4 Å². The first-order valence-corrected chi connectivity index (χ1v) is 19.6. The molecule has 4 aliphatic rings. The number of anilines is 1. The Morgan fingerprint density at radius 2 is 1.78 bits per heavy atom. The summed E-state index contributed by atoms with van der Waals surface area (Å²) >= 11 is 1.81. The van der Waals surface area contributed by atoms with Crippen LogP contribution in [0.2, 0.25) is 0 Å². The lowest BCUT2D eigenvalue weighted by Crippen LogP contribution is -2.62. The van der Waals surface area contributed by atoms with Crippen molar-refractivity contribution in [3.05, 3.63) is 83.4 Å². The van der Waals surface area contributed by atoms with Gasteiger partial charge in [-0.25, -0.2) is 0 Å². The average molecular weight is 712 g/mol. The SMILES string of the molecule is COc1c(CN2CSCC2C(=O)N[C@H]2C[C@H]3C[C@@H]([C@@H]2C)C3(C)C)cccc1-c1cc(C(=O)NC(Cc2ccccc2)CN(C)C)cc(N(C)C)c1. The van der Waals surface area contributed by atoms with E-state index in [0.29, 0.717) is 35.3 Å². The number of benzene rings is 3. The molecule has 2 amide bonds. The number of carbonyl (C=O) groups excluding carboxylic acids is 2. The quantitative estimate of drug-likeness (QED) is 0.213. The number of rotatable bonds is 13. The van der Waals surface area contributed by atoms with E-state index in [0.717, 1.165) is 59.1 Å². The second kappa shape index (κ2) is 15.6. The van der Waals surface area contributed by atoms with Crippen molar-refractivity contribution in [2.24, 2.45) is 23.2 Å². The molecule has 2 N–H and O–H groups in total. The Balaban J connectivity index is 1.21. The van der Waals surface area contributed by atoms with E-state index in [2.05, 4.69) is 77.6 Å². The van der Waals surface area contributed by atoms with E-state index in [1.54, 1.807) is 7.11 Å². The zero-order valence-electron chi connectivity index (χ0n) is 31.7. The number of fused-ring (bicyclic) bond motifs is 2. The number of ether oxygens (including phenoxy) is 1. The van der Waals surface area contributed by atoms with Crippen LogP contribution in [-0.2, 0) is 17.8 Å². The van der Waals surface area contributed by atoms with Gasteiger partial charge >= 0.3 is 0 Å². The Labute approximate surface area is 309 Å². The number of hydrogen-bond acceptors (Lipinski definition) is 7. The molecule has 0 radical (unpaired) electrons. The molecule has 6 atom stereocenters. The Bertz CT molecular complexity index is 1690. The normalized spacial score (nSPS) is 24.5. The van der Waals surface area contributed by atoms with E-state index < -0.39 is 0 Å². The Kier molecular flexibility index (Phi) is 11.4. The molecule has 274 valence electrons. The summed E-state index contributed by atoms with van der Waals surface area (Å²) < 4.78 is 6.13. The van der Waals surface area contributed by atoms with Crippen LogP contribution in [0.15, 0.2) is 66.7 Å². The summed E-state index contributed by atoms with van der Waals surface area (Å²) in [6, 6.07) is 22.6. The largest absolute Gasteiger partial charge is 0.496 e. The van der Waals surface area contributed by atoms with Gasteiger partial charge in [-0.1, -0.05) is 69.3 Å². The monoisotopic (exact) mass is 711 g/mol. The van der Waals surface area contributed by atoms with Crippen LogP contribution in [0.25, 0.3) is 11.1 Å². The first-order chi connectivity index (χ1) is 24.3. The Hall–Kier alpha value is -3.53. The van der Waals surface area contributed by atoms with Crippen molar-refractivity contribution in [2.45, 2.75) is 64.7 Å². The fraction of sp³-hybridized carbons (Fsp3) is 0.524. The minimum absolute atomic E-state index is 0.0541. The molecule has 3 aliphatic carbocycles. The highest BCUT2D eigenvalue weighted by Gasteiger charge is 2.56. The molecule has 2 bridgehead atoms. The van der Waals surface area contributed by atoms with Gasteiger partial charge in [0.15, 0.2) is 0 Å². The molecule has 8 nitrogen and oxygen atoms in total. The van der Waals surface area contributed by atoms with E-state index in [4.69, 9.17) is 4.74 Å². The molecule has 3 aromatic carbocycles. The van der Waals surface area contributed by atoms with Crippen molar-refractivity contribution in [3.63, 3.8) is 0 Å². The number of para-hydroxylation sites is 1. The number of thioether (sulfide) groups is 1. The third-order valence-corrected chi connectivity index (χ3v) is 13.0. The lowest BCUT2D eigenvalue weighted by Gasteiger charge is -2.62. The number of carbonyl (C=O) groups is 2. The maximum atomic E-state index is 13.9. The van der Waals surface area contributed by atoms with Crippen molar-refractivity contribution in [1.29, 1.82) is 0 Å². The summed E-state index contributed by atoms with van der Waals surface area (Å²) in [5.41, 5.74) is 5.98. The highest BCUT2D eigenvalue weighted by atomic mass is 32.2. The molecular weight excluding hydrogens is 655 g/mol. The topological polar surface area (TPSA) is 77.1 Å². The van der Waals surface area contributed by atoms with Crippen molar-refractivity contribution >= 4 is 29.3 Å². The van der Waals surface area contributed by atoms with Crippen LogP contribution >= 0.6 is 11.8 Å². The molecular formula is C42H57N5O3S. The summed E-state index contributed by atoms with van der Waals surface area (Å²) in [6.45, 7) is 8.46. The smallest absolute Gasteiger partial charge is 0.251 e. The van der Waals surface area contributed by atoms with Crippen LogP contribution in [0.4, 0.5) is 5.69 Å². The van der Waals surface area contributed by atoms with Gasteiger partial charge in [-0.3, -0.25) is 14.5 Å². The Morgan fingerprint density at radius 3 is 2.45 bits per heavy atom. The summed E-state index contributed by atoms with van der Waals surface area (Å²) in [7, 11) is 9.76. The second-order valence-electron chi connectivity index (χ2n) is 16.1. The van der Waals surface area contributed by atoms with E-state index >= 15 is 0 Å². The molecule has 9 heteroatoms. The van der Waals surface area contributed by atoms with Crippen LogP contribution in [0.1, 0.15) is 55.1 Å². The zero-order valence-corrected chi connectivity index (χ0v) is 32.6. The van der Waals surface area contributed by atoms with Gasteiger partial charge in [0.1, 0.15) is 5.75 Å². The van der Waals surface area contributed by atoms with Crippen LogP contribution < -0.4 is 20.3 Å². The molecule has 1 saturated heterocycles. The summed E-state index contributed by atoms with van der Waals surface area (Å²) in [5, 5.41) is 6.82. The molecule has 0 aromatic heterocycles. The summed E-state index contributed by atoms with van der Waals surface area (Å²) in [5.74, 6) is 4.30. The number of nitrogens with one attached hydrogen (secondary N) is 2. The van der Waals surface area contributed by atoms with Crippen LogP contribution in [0, 0.1) is 23.2 Å². The molecule has 3 aromatic rings. The summed E-state index contributed by atoms with van der Waals surface area (Å²) in [4.78, 5) is 34.1. The standard InChI is InChI=1S/C42H57N5O3S/c1-27-36-21-32(42(36,2)3)22-37(27)44-41(49)38-25-51-26-47(38)23-29-15-12-16-35(39(29)50-8)30-18-31(20-34(19-30)46(6)7)40(48)43-33(24-45(4)5)17-28-13-10-9-11-14-28/h9-16,18-20,27,32-33,36-38H,17,21-26H2,1-8H3,(H,43,48)(H,44,49)/t27-,32+,33?,36-,37-,38?/m0/s1. The van der Waals surface area contributed by atoms with Gasteiger partial charge in [0.05, 0.1) is 13.2 Å². The molecule has 1 aliphatic heterocycles. The van der Waals surface area contributed by atoms with Gasteiger partial charge in [0, 0.05) is 73.3 Å². The molecule has 0 spiro atoms. The fourth-order valence-electron chi connectivity index (χ4n) is 8.82. The van der Waals surface area contributed by atoms with Gasteiger partial charge in [-0.15, -0.1) is 11.8 Å². The van der Waals surface area contributed by atoms with Crippen molar-refractivity contribution < 1.29 is 14.3 Å². The molecule has 3 saturated carbocycles. The predicted octanol–water partition coefficient (Wildman–Crippen LogP) is 6.39. The number of likely N-dealkylation sites (N-methyl/N-ethyl adjacent to an activating group) is 1. The summed E-state index contributed by atoms with van der Waals surface area (Å²) in [6.07, 6.45) is 3.13. The maximum absolute atomic E-state index is 13.9. The Morgan fingerprint density at radius 1 is 1.02 bits per heavy atom. The van der Waals surface area contributed by atoms with Crippen molar-refractivity contribution in [3.8, 4) is 16.9 Å². The van der Waals surface area contributed by atoms with Crippen LogP contribution in [0.5, 0.6) is 5.75 Å². The number of methoxy groups -OCH3 is 1. The third kappa shape index (κ3) is 8.11. The lowest BCUT2D eigenvalue weighted by molar-refractivity contribution is -0.136. The minimum Gasteiger partial charge on any atom is -0.496 e. The number of amides is 2. The molecule has 7 rings (SSSR count). The highest BCUT2D eigenvalue weighted by Crippen LogP contribution is 2.61. The fourth-order valence-corrected chi connectivity index (χ4v) is 10.0. The first-order valence-electron chi connectivity index (χ1n) is 18.5. The molecule has 1 heterocycles. The zero-order chi connectivity index (χ0) is 36.4. The molecule has 51 heavy (non-hydrogen) atoms. The van der Waals surface area contributed by atoms with Crippen LogP contribution in [-0.4, -0.2) is 93.2 Å². The van der Waals surface area contributed by atoms with E-state index in [1.807, 2.05) is 75.2 Å². The van der Waals surface area contributed by atoms with Crippen molar-refractivity contribution in [2.75, 3.05) is 58.4 Å². The van der Waals surface area contributed by atoms with Crippen LogP contribution in [0.3, 0.4) is 0 Å². The molecule has 4 fully saturated rings. The highest BCUT2D eigenvalue weighted by molar-refractivity contribution is 7.99. The number of nitrogens with zero attached hydrogens (tertiary/aromatic N) is 3. The second-order valence-corrected chi connectivity index (χ2v) is 17.1. The van der Waals surface area contributed by atoms with Gasteiger partial charge < -0.3 is 25.2 Å². The van der Waals surface area contributed by atoms with Gasteiger partial charge in [-0.05, 0) is 85.9 Å². The van der Waals surface area contributed by atoms with Gasteiger partial charge in [0.25, 0.3) is 5.91 Å². The van der Waals surface area contributed by atoms with Gasteiger partial charge in [-0.2, -0.15) is 0 Å². The third-order valence-electron chi connectivity index (χ3n) is 11.9. The number of hydrogen-bond donors (Lipinski definition) is 2. The maximum Gasteiger partial charge on any atom is 0.251 e. The van der Waals surface area contributed by atoms with Gasteiger partial charge in [0.2, 0.25) is 5.91 Å². The first kappa shape index (κ1) is 37.2. The average Bonchev–Trinajstić information content (AvgIpc) is 3.57. The van der Waals surface area contributed by atoms with E-state index in [-0.39, 0.29) is 29.9 Å². The lowest BCUT2D eigenvalue weighted by atomic mass is 9.45. The minimum atomic E-state index is -0.180. The molecule has 2 unspecified atom stereocenters.